The Hall–Kier alpha value is -4.53. The minimum atomic E-state index is -2.46. The quantitative estimate of drug-likeness (QED) is 0.105. The van der Waals surface area contributed by atoms with Crippen molar-refractivity contribution >= 4 is 29.1 Å². The standard InChI is InChI=1S/C56H82N4O11/c1-34-15-10-9-11-16-35(2)45(59-43-18-14-17-41(30-43)33-57)32-44-23-20-39(6)56(67,71-44)53(64)54(65)60-26-13-12-19-46(60)55(66)70-48(36(3)28-40-21-24-47(61)49(31-40)68-7)25-22-42(58)29-38(5)51(63)52(69-8)50(62)37(4)27-34/h9-11,14-18,29-30,34,36-37,39-40,42,44-49,51-52,59,61,63,67H,12-13,19-28,31-32,58H2,1-8H3/b11-9+,15-10+,35-16+,38-29+/t34-,36-,37-,39-,40?,42+,44+,45+,46?,47-,48+,49-,51-,52+,56-/m1/s1. The molecule has 15 heteroatoms. The molecule has 3 fully saturated rings. The predicted octanol–water partition coefficient (Wildman–Crippen LogP) is 7.03. The summed E-state index contributed by atoms with van der Waals surface area (Å²) in [5.41, 5.74) is 9.24. The van der Waals surface area contributed by atoms with E-state index in [1.807, 2.05) is 64.1 Å². The Bertz CT molecular complexity index is 2130. The highest BCUT2D eigenvalue weighted by molar-refractivity contribution is 6.39. The Labute approximate surface area is 421 Å². The molecular formula is C56H82N4O11. The van der Waals surface area contributed by atoms with E-state index in [2.05, 4.69) is 11.4 Å². The third-order valence-corrected chi connectivity index (χ3v) is 15.4. The highest BCUT2D eigenvalue weighted by Gasteiger charge is 2.53. The fourth-order valence-corrected chi connectivity index (χ4v) is 10.9. The van der Waals surface area contributed by atoms with Crippen molar-refractivity contribution in [1.29, 1.82) is 5.26 Å². The van der Waals surface area contributed by atoms with Gasteiger partial charge >= 0.3 is 5.97 Å². The number of nitrogens with zero attached hydrogens (tertiary/aromatic N) is 2. The van der Waals surface area contributed by atoms with Crippen molar-refractivity contribution < 1.29 is 53.4 Å². The molecule has 5 rings (SSSR count). The fourth-order valence-electron chi connectivity index (χ4n) is 10.9. The number of amides is 1. The Morgan fingerprint density at radius 2 is 1.69 bits per heavy atom. The topological polar surface area (TPSA) is 231 Å². The number of ketones is 2. The highest BCUT2D eigenvalue weighted by atomic mass is 16.6. The van der Waals surface area contributed by atoms with Crippen LogP contribution in [-0.2, 0) is 38.1 Å². The molecule has 1 amide bonds. The van der Waals surface area contributed by atoms with Crippen molar-refractivity contribution in [2.75, 3.05) is 26.1 Å². The molecule has 1 aliphatic carbocycles. The number of hydrogen-bond acceptors (Lipinski definition) is 14. The van der Waals surface area contributed by atoms with E-state index in [0.717, 1.165) is 12.0 Å². The third-order valence-electron chi connectivity index (χ3n) is 15.4. The van der Waals surface area contributed by atoms with Crippen LogP contribution >= 0.6 is 0 Å². The molecule has 2 bridgehead atoms. The first-order valence-corrected chi connectivity index (χ1v) is 25.9. The molecule has 2 unspecified atom stereocenters. The van der Waals surface area contributed by atoms with Gasteiger partial charge in [0.15, 0.2) is 5.78 Å². The van der Waals surface area contributed by atoms with Gasteiger partial charge in [0.1, 0.15) is 24.4 Å². The van der Waals surface area contributed by atoms with Gasteiger partial charge in [-0.25, -0.2) is 4.79 Å². The number of methoxy groups -OCH3 is 2. The number of carbonyl (C=O) groups excluding carboxylic acids is 4. The second-order valence-corrected chi connectivity index (χ2v) is 21.0. The molecule has 1 saturated carbocycles. The van der Waals surface area contributed by atoms with Crippen molar-refractivity contribution in [1.82, 2.24) is 4.90 Å². The Kier molecular flexibility index (Phi) is 21.8. The van der Waals surface area contributed by atoms with Gasteiger partial charge in [-0.05, 0) is 139 Å². The zero-order chi connectivity index (χ0) is 52.0. The van der Waals surface area contributed by atoms with E-state index in [9.17, 15) is 39.8 Å². The minimum Gasteiger partial charge on any atom is -0.461 e. The molecule has 71 heavy (non-hydrogen) atoms. The maximum Gasteiger partial charge on any atom is 0.329 e. The van der Waals surface area contributed by atoms with Crippen LogP contribution in [0.3, 0.4) is 0 Å². The monoisotopic (exact) mass is 987 g/mol. The summed E-state index contributed by atoms with van der Waals surface area (Å²) in [5, 5.41) is 47.3. The Morgan fingerprint density at radius 3 is 2.41 bits per heavy atom. The van der Waals surface area contributed by atoms with Gasteiger partial charge in [-0.15, -0.1) is 0 Å². The molecule has 15 nitrogen and oxygen atoms in total. The maximum atomic E-state index is 14.5. The molecule has 6 N–H and O–H groups in total. The van der Waals surface area contributed by atoms with Gasteiger partial charge in [-0.1, -0.05) is 75.8 Å². The lowest BCUT2D eigenvalue weighted by molar-refractivity contribution is -0.263. The number of rotatable bonds is 7. The van der Waals surface area contributed by atoms with Crippen molar-refractivity contribution in [2.45, 2.75) is 186 Å². The molecule has 0 aromatic heterocycles. The highest BCUT2D eigenvalue weighted by Crippen LogP contribution is 2.38. The van der Waals surface area contributed by atoms with Crippen LogP contribution in [0, 0.1) is 40.9 Å². The summed E-state index contributed by atoms with van der Waals surface area (Å²) in [6.45, 7) is 11.3. The van der Waals surface area contributed by atoms with Gasteiger partial charge in [0.25, 0.3) is 11.7 Å². The van der Waals surface area contributed by atoms with Crippen LogP contribution in [0.4, 0.5) is 5.69 Å². The summed E-state index contributed by atoms with van der Waals surface area (Å²) in [5.74, 6) is -6.59. The Morgan fingerprint density at radius 1 is 0.930 bits per heavy atom. The normalized spacial score (nSPS) is 37.7. The number of aliphatic hydroxyl groups excluding tert-OH is 2. The lowest BCUT2D eigenvalue weighted by Gasteiger charge is -2.43. The number of hydrogen-bond donors (Lipinski definition) is 5. The number of anilines is 1. The molecule has 1 aromatic rings. The second-order valence-electron chi connectivity index (χ2n) is 21.0. The molecular weight excluding hydrogens is 905 g/mol. The number of fused-ring (bicyclic) bond motifs is 3. The lowest BCUT2D eigenvalue weighted by atomic mass is 9.78. The van der Waals surface area contributed by atoms with E-state index in [0.29, 0.717) is 87.5 Å². The molecule has 3 heterocycles. The van der Waals surface area contributed by atoms with Crippen molar-refractivity contribution in [3.63, 3.8) is 0 Å². The number of aliphatic hydroxyl groups is 3. The molecule has 0 radical (unpaired) electrons. The first kappa shape index (κ1) is 57.4. The first-order valence-electron chi connectivity index (χ1n) is 25.9. The first-order chi connectivity index (χ1) is 33.8. The van der Waals surface area contributed by atoms with Crippen molar-refractivity contribution in [3.05, 3.63) is 77.4 Å². The van der Waals surface area contributed by atoms with E-state index in [4.69, 9.17) is 24.7 Å². The third kappa shape index (κ3) is 15.5. The molecule has 3 aliphatic heterocycles. The van der Waals surface area contributed by atoms with Crippen LogP contribution < -0.4 is 11.1 Å². The van der Waals surface area contributed by atoms with Crippen molar-refractivity contribution in [2.24, 2.45) is 35.3 Å². The average Bonchev–Trinajstić information content (AvgIpc) is 3.35. The molecule has 4 aliphatic rings. The van der Waals surface area contributed by atoms with E-state index in [1.54, 1.807) is 45.2 Å². The second kappa shape index (κ2) is 27.0. The van der Waals surface area contributed by atoms with Crippen LogP contribution in [0.25, 0.3) is 0 Å². The van der Waals surface area contributed by atoms with Gasteiger partial charge in [-0.2, -0.15) is 5.26 Å². The van der Waals surface area contributed by atoms with E-state index < -0.39 is 77.9 Å². The van der Waals surface area contributed by atoms with Crippen LogP contribution in [-0.4, -0.2) is 125 Å². The number of esters is 1. The van der Waals surface area contributed by atoms with E-state index in [1.165, 1.54) is 12.0 Å². The SMILES string of the molecule is CO[C@@H]1CC(C[C@@H](C)[C@@H]2CC[C@H](N)/C=C(\C)[C@@H](O)[C@@H](OC)C(=O)[C@H](C)C[C@H](C)/C=C/C=C/C=C(\C)[C@@H](Nc3cccc(C#N)c3)C[C@@H]3CC[C@@H](C)[C@@](O)(O3)C(=O)C(=O)N3CCCCC3C(=O)O2)CC[C@H]1O. The molecule has 392 valence electrons. The number of nitrogens with one attached hydrogen (secondary N) is 1. The number of carbonyl (C=O) groups is 4. The van der Waals surface area contributed by atoms with Crippen LogP contribution in [0.5, 0.6) is 0 Å². The summed E-state index contributed by atoms with van der Waals surface area (Å²) in [4.78, 5) is 58.4. The number of cyclic esters (lactones) is 1. The number of nitriles is 1. The zero-order valence-corrected chi connectivity index (χ0v) is 43.3. The van der Waals surface area contributed by atoms with Crippen LogP contribution in [0.1, 0.15) is 131 Å². The van der Waals surface area contributed by atoms with E-state index in [-0.39, 0.29) is 48.6 Å². The number of benzene rings is 1. The smallest absolute Gasteiger partial charge is 0.329 e. The number of nitrogens with two attached hydrogens (primary N) is 1. The van der Waals surface area contributed by atoms with Gasteiger partial charge < -0.3 is 50.2 Å². The summed E-state index contributed by atoms with van der Waals surface area (Å²) in [6.07, 6.45) is 13.4. The Balaban J connectivity index is 1.49. The fraction of sp³-hybridized carbons (Fsp3) is 0.661. The lowest BCUT2D eigenvalue weighted by Crippen LogP contribution is -2.61. The van der Waals surface area contributed by atoms with Crippen LogP contribution in [0.2, 0.25) is 0 Å². The largest absolute Gasteiger partial charge is 0.461 e. The molecule has 0 spiro atoms. The summed E-state index contributed by atoms with van der Waals surface area (Å²) in [7, 11) is 3.00. The van der Waals surface area contributed by atoms with Crippen LogP contribution in [0.15, 0.2) is 71.9 Å². The summed E-state index contributed by atoms with van der Waals surface area (Å²) >= 11 is 0. The van der Waals surface area contributed by atoms with Crippen molar-refractivity contribution in [3.8, 4) is 6.07 Å². The number of allylic oxidation sites excluding steroid dienone is 5. The summed E-state index contributed by atoms with van der Waals surface area (Å²) in [6, 6.07) is 7.21. The number of piperidine rings is 1. The summed E-state index contributed by atoms with van der Waals surface area (Å²) < 4.78 is 23.9. The number of ether oxygens (including phenoxy) is 4. The minimum absolute atomic E-state index is 0.0109. The molecule has 2 saturated heterocycles. The zero-order valence-electron chi connectivity index (χ0n) is 43.3. The predicted molar refractivity (Wildman–Crippen MR) is 271 cm³/mol. The van der Waals surface area contributed by atoms with Gasteiger partial charge in [0, 0.05) is 50.4 Å². The molecule has 1 aromatic carbocycles. The molecule has 15 atom stereocenters. The van der Waals surface area contributed by atoms with Gasteiger partial charge in [-0.3, -0.25) is 14.4 Å². The van der Waals surface area contributed by atoms with E-state index >= 15 is 0 Å². The number of Topliss-reactive ketones (excluding diaryl/α,β-unsaturated/α-hetero) is 2. The van der Waals surface area contributed by atoms with Gasteiger partial charge in [0.05, 0.1) is 29.9 Å². The average molecular weight is 987 g/mol. The van der Waals surface area contributed by atoms with Gasteiger partial charge in [0.2, 0.25) is 5.79 Å². The maximum absolute atomic E-state index is 14.5.